The number of rotatable bonds is 3. The van der Waals surface area contributed by atoms with E-state index in [0.717, 1.165) is 6.07 Å². The zero-order valence-electron chi connectivity index (χ0n) is 9.95. The summed E-state index contributed by atoms with van der Waals surface area (Å²) in [7, 11) is 0. The van der Waals surface area contributed by atoms with Crippen LogP contribution in [0.5, 0.6) is 11.5 Å². The Kier molecular flexibility index (Phi) is 3.99. The maximum absolute atomic E-state index is 12.7. The van der Waals surface area contributed by atoms with Gasteiger partial charge in [0.15, 0.2) is 0 Å². The van der Waals surface area contributed by atoms with E-state index in [-0.39, 0.29) is 11.5 Å². The summed E-state index contributed by atoms with van der Waals surface area (Å²) in [4.78, 5) is 10.5. The normalized spacial score (nSPS) is 11.2. The molecule has 0 spiro atoms. The summed E-state index contributed by atoms with van der Waals surface area (Å²) in [5.74, 6) is 0.192. The fourth-order valence-electron chi connectivity index (χ4n) is 1.55. The fraction of sp³-hybridized carbons (Fsp3) is 0.0714. The lowest BCUT2D eigenvalue weighted by Gasteiger charge is -2.13. The van der Waals surface area contributed by atoms with E-state index < -0.39 is 16.8 Å². The Morgan fingerprint density at radius 1 is 1.05 bits per heavy atom. The molecule has 20 heavy (non-hydrogen) atoms. The monoisotopic (exact) mass is 300 g/mol. The van der Waals surface area contributed by atoms with Gasteiger partial charge in [0.1, 0.15) is 17.8 Å². The van der Waals surface area contributed by atoms with Crippen LogP contribution < -0.4 is 4.74 Å². The quantitative estimate of drug-likeness (QED) is 0.749. The van der Waals surface area contributed by atoms with Gasteiger partial charge in [-0.1, -0.05) is 17.7 Å². The van der Waals surface area contributed by atoms with Crippen molar-refractivity contribution in [2.24, 2.45) is 0 Å². The molecule has 0 amide bonds. The van der Waals surface area contributed by atoms with Gasteiger partial charge in [-0.3, -0.25) is 4.79 Å². The number of benzene rings is 2. The van der Waals surface area contributed by atoms with Gasteiger partial charge in [-0.15, -0.1) is 0 Å². The second kappa shape index (κ2) is 5.54. The average Bonchev–Trinajstić information content (AvgIpc) is 2.40. The number of hydrogen-bond acceptors (Lipinski definition) is 2. The smallest absolute Gasteiger partial charge is 0.417 e. The number of ether oxygens (including phenoxy) is 1. The zero-order chi connectivity index (χ0) is 14.8. The summed E-state index contributed by atoms with van der Waals surface area (Å²) >= 11 is 5.70. The van der Waals surface area contributed by atoms with Gasteiger partial charge in [-0.25, -0.2) is 0 Å². The molecule has 0 aliphatic heterocycles. The molecule has 0 N–H and O–H groups in total. The van der Waals surface area contributed by atoms with Crippen LogP contribution in [0, 0.1) is 0 Å². The summed E-state index contributed by atoms with van der Waals surface area (Å²) in [6.07, 6.45) is -3.89. The van der Waals surface area contributed by atoms with Gasteiger partial charge >= 0.3 is 6.18 Å². The largest absolute Gasteiger partial charge is 0.456 e. The molecule has 0 fully saturated rings. The van der Waals surface area contributed by atoms with E-state index in [1.165, 1.54) is 36.4 Å². The summed E-state index contributed by atoms with van der Waals surface area (Å²) in [6.45, 7) is 0. The van der Waals surface area contributed by atoms with E-state index in [0.29, 0.717) is 11.8 Å². The molecule has 0 aromatic heterocycles. The van der Waals surface area contributed by atoms with Crippen molar-refractivity contribution in [2.75, 3.05) is 0 Å². The van der Waals surface area contributed by atoms with Crippen molar-refractivity contribution >= 4 is 17.9 Å². The number of hydrogen-bond donors (Lipinski definition) is 0. The van der Waals surface area contributed by atoms with Crippen molar-refractivity contribution in [1.29, 1.82) is 0 Å². The highest BCUT2D eigenvalue weighted by molar-refractivity contribution is 6.32. The van der Waals surface area contributed by atoms with Crippen LogP contribution in [-0.2, 0) is 6.18 Å². The van der Waals surface area contributed by atoms with E-state index in [1.807, 2.05) is 0 Å². The number of aldehydes is 1. The molecule has 0 saturated heterocycles. The third-order valence-electron chi connectivity index (χ3n) is 2.51. The van der Waals surface area contributed by atoms with Crippen molar-refractivity contribution < 1.29 is 22.7 Å². The third kappa shape index (κ3) is 3.11. The summed E-state index contributed by atoms with van der Waals surface area (Å²) in [5, 5.41) is -0.500. The number of alkyl halides is 3. The van der Waals surface area contributed by atoms with Gasteiger partial charge in [0.05, 0.1) is 10.6 Å². The van der Waals surface area contributed by atoms with Crippen LogP contribution in [0.2, 0.25) is 5.02 Å². The minimum Gasteiger partial charge on any atom is -0.456 e. The van der Waals surface area contributed by atoms with Crippen molar-refractivity contribution in [1.82, 2.24) is 0 Å². The predicted molar refractivity (Wildman–Crippen MR) is 68.4 cm³/mol. The van der Waals surface area contributed by atoms with Crippen molar-refractivity contribution in [3.63, 3.8) is 0 Å². The molecule has 2 nitrogen and oxygen atoms in total. The van der Waals surface area contributed by atoms with Crippen molar-refractivity contribution in [2.45, 2.75) is 6.18 Å². The molecule has 0 bridgehead atoms. The molecule has 0 saturated carbocycles. The lowest BCUT2D eigenvalue weighted by Crippen LogP contribution is -2.06. The Morgan fingerprint density at radius 3 is 2.25 bits per heavy atom. The highest BCUT2D eigenvalue weighted by atomic mass is 35.5. The van der Waals surface area contributed by atoms with Crippen LogP contribution in [0.1, 0.15) is 15.9 Å². The van der Waals surface area contributed by atoms with Crippen LogP contribution >= 0.6 is 11.6 Å². The Morgan fingerprint density at radius 2 is 1.70 bits per heavy atom. The van der Waals surface area contributed by atoms with Crippen LogP contribution in [0.3, 0.4) is 0 Å². The lowest BCUT2D eigenvalue weighted by atomic mass is 10.2. The number of halogens is 4. The molecular weight excluding hydrogens is 293 g/mol. The van der Waals surface area contributed by atoms with E-state index in [2.05, 4.69) is 0 Å². The molecule has 2 aromatic rings. The number of carbonyl (C=O) groups excluding carboxylic acids is 1. The minimum atomic E-state index is -4.54. The molecule has 2 aromatic carbocycles. The maximum Gasteiger partial charge on any atom is 0.417 e. The van der Waals surface area contributed by atoms with Gasteiger partial charge < -0.3 is 4.74 Å². The van der Waals surface area contributed by atoms with Crippen LogP contribution in [0.4, 0.5) is 13.2 Å². The zero-order valence-corrected chi connectivity index (χ0v) is 10.7. The number of carbonyl (C=O) groups is 1. The Labute approximate surface area is 117 Å². The van der Waals surface area contributed by atoms with Gasteiger partial charge in [-0.2, -0.15) is 13.2 Å². The average molecular weight is 301 g/mol. The first kappa shape index (κ1) is 14.4. The van der Waals surface area contributed by atoms with Gasteiger partial charge in [-0.05, 0) is 36.4 Å². The first-order valence-electron chi connectivity index (χ1n) is 5.50. The predicted octanol–water partition coefficient (Wildman–Crippen LogP) is 4.96. The van der Waals surface area contributed by atoms with Crippen molar-refractivity contribution in [3.8, 4) is 11.5 Å². The fourth-order valence-corrected chi connectivity index (χ4v) is 1.82. The summed E-state index contributed by atoms with van der Waals surface area (Å²) in [5.41, 5.74) is -0.520. The Bertz CT molecular complexity index is 621. The molecule has 0 radical (unpaired) electrons. The van der Waals surface area contributed by atoms with E-state index >= 15 is 0 Å². The second-order valence-electron chi connectivity index (χ2n) is 3.90. The molecule has 0 aliphatic rings. The van der Waals surface area contributed by atoms with E-state index in [4.69, 9.17) is 16.3 Å². The van der Waals surface area contributed by atoms with Crippen LogP contribution in [0.15, 0.2) is 42.5 Å². The molecule has 2 rings (SSSR count). The molecule has 0 unspecified atom stereocenters. The summed E-state index contributed by atoms with van der Waals surface area (Å²) in [6, 6.07) is 9.36. The molecule has 0 atom stereocenters. The minimum absolute atomic E-state index is 0.0969. The first-order valence-corrected chi connectivity index (χ1v) is 5.88. The van der Waals surface area contributed by atoms with Crippen molar-refractivity contribution in [3.05, 3.63) is 58.6 Å². The molecule has 6 heteroatoms. The molecular formula is C14H8ClF3O2. The van der Waals surface area contributed by atoms with Gasteiger partial charge in [0, 0.05) is 5.56 Å². The van der Waals surface area contributed by atoms with Gasteiger partial charge in [0.2, 0.25) is 0 Å². The summed E-state index contributed by atoms with van der Waals surface area (Å²) < 4.78 is 43.4. The third-order valence-corrected chi connectivity index (χ3v) is 2.90. The van der Waals surface area contributed by atoms with Crippen LogP contribution in [0.25, 0.3) is 0 Å². The topological polar surface area (TPSA) is 26.3 Å². The highest BCUT2D eigenvalue weighted by Crippen LogP contribution is 2.40. The standard InChI is InChI=1S/C14H8ClF3O2/c15-13-11(14(16,17)18)2-1-3-12(13)20-10-6-4-9(8-19)5-7-10/h1-8H. The van der Waals surface area contributed by atoms with Gasteiger partial charge in [0.25, 0.3) is 0 Å². The Balaban J connectivity index is 2.31. The highest BCUT2D eigenvalue weighted by Gasteiger charge is 2.34. The maximum atomic E-state index is 12.7. The van der Waals surface area contributed by atoms with Crippen LogP contribution in [-0.4, -0.2) is 6.29 Å². The molecule has 0 aliphatic carbocycles. The molecule has 104 valence electrons. The Hall–Kier alpha value is -2.01. The van der Waals surface area contributed by atoms with E-state index in [9.17, 15) is 18.0 Å². The van der Waals surface area contributed by atoms with E-state index in [1.54, 1.807) is 0 Å². The lowest BCUT2D eigenvalue weighted by molar-refractivity contribution is -0.137. The first-order chi connectivity index (χ1) is 9.41. The SMILES string of the molecule is O=Cc1ccc(Oc2cccc(C(F)(F)F)c2Cl)cc1. The molecule has 0 heterocycles. The second-order valence-corrected chi connectivity index (χ2v) is 4.28.